The Hall–Kier alpha value is -3.05. The molecule has 0 spiro atoms. The van der Waals surface area contributed by atoms with Crippen molar-refractivity contribution in [2.75, 3.05) is 18.0 Å². The molecule has 0 aliphatic carbocycles. The van der Waals surface area contributed by atoms with Gasteiger partial charge in [0.1, 0.15) is 5.75 Å². The Morgan fingerprint density at radius 3 is 2.76 bits per heavy atom. The summed E-state index contributed by atoms with van der Waals surface area (Å²) in [5.74, 6) is -0.398. The van der Waals surface area contributed by atoms with E-state index < -0.39 is 22.1 Å². The van der Waals surface area contributed by atoms with Crippen molar-refractivity contribution in [3.05, 3.63) is 54.1 Å². The molecule has 1 atom stereocenters. The number of para-hydroxylation sites is 2. The molecule has 0 saturated carbocycles. The Balaban J connectivity index is 2.10. The number of esters is 1. The van der Waals surface area contributed by atoms with Gasteiger partial charge in [0.05, 0.1) is 35.9 Å². The molecular formula is C17H14N2O5S. The molecule has 0 radical (unpaired) electrons. The minimum atomic E-state index is -3.99. The lowest BCUT2D eigenvalue weighted by molar-refractivity contribution is -0.148. The molecule has 0 bridgehead atoms. The zero-order valence-corrected chi connectivity index (χ0v) is 14.1. The predicted octanol–water partition coefficient (Wildman–Crippen LogP) is 1.69. The number of hydrogen-bond acceptors (Lipinski definition) is 6. The number of hydrogen-bond donors (Lipinski definition) is 0. The van der Waals surface area contributed by atoms with E-state index >= 15 is 0 Å². The fraction of sp³-hybridized carbons (Fsp3) is 0.176. The molecule has 0 fully saturated rings. The van der Waals surface area contributed by atoms with Crippen LogP contribution in [0.3, 0.4) is 0 Å². The van der Waals surface area contributed by atoms with Gasteiger partial charge in [0.25, 0.3) is 10.0 Å². The van der Waals surface area contributed by atoms with Crippen LogP contribution in [0.5, 0.6) is 5.75 Å². The minimum Gasteiger partial charge on any atom is -0.475 e. The molecule has 0 aromatic heterocycles. The molecule has 1 aliphatic heterocycles. The highest BCUT2D eigenvalue weighted by Gasteiger charge is 2.38. The van der Waals surface area contributed by atoms with Crippen LogP contribution in [0, 0.1) is 11.3 Å². The van der Waals surface area contributed by atoms with Crippen LogP contribution in [0.2, 0.25) is 0 Å². The Bertz CT molecular complexity index is 965. The summed E-state index contributed by atoms with van der Waals surface area (Å²) in [4.78, 5) is 11.8. The van der Waals surface area contributed by atoms with Crippen molar-refractivity contribution in [3.8, 4) is 11.8 Å². The van der Waals surface area contributed by atoms with Crippen LogP contribution < -0.4 is 9.04 Å². The summed E-state index contributed by atoms with van der Waals surface area (Å²) in [6.07, 6.45) is -1.08. The Labute approximate surface area is 145 Å². The molecule has 2 aromatic rings. The maximum absolute atomic E-state index is 13.1. The van der Waals surface area contributed by atoms with E-state index in [2.05, 4.69) is 4.74 Å². The number of benzene rings is 2. The number of rotatable bonds is 3. The monoisotopic (exact) mass is 358 g/mol. The molecule has 0 amide bonds. The van der Waals surface area contributed by atoms with Gasteiger partial charge in [-0.2, -0.15) is 5.26 Å². The highest BCUT2D eigenvalue weighted by Crippen LogP contribution is 2.37. The first kappa shape index (κ1) is 16.8. The number of anilines is 1. The zero-order chi connectivity index (χ0) is 18.0. The lowest BCUT2D eigenvalue weighted by Gasteiger charge is -2.34. The minimum absolute atomic E-state index is 0.0353. The largest absolute Gasteiger partial charge is 0.475 e. The highest BCUT2D eigenvalue weighted by molar-refractivity contribution is 7.92. The van der Waals surface area contributed by atoms with Gasteiger partial charge in [-0.1, -0.05) is 18.2 Å². The van der Waals surface area contributed by atoms with Crippen LogP contribution in [0.25, 0.3) is 0 Å². The molecular weight excluding hydrogens is 344 g/mol. The number of methoxy groups -OCH3 is 1. The van der Waals surface area contributed by atoms with Crippen molar-refractivity contribution >= 4 is 21.7 Å². The molecule has 8 heteroatoms. The smallest absolute Gasteiger partial charge is 0.348 e. The lowest BCUT2D eigenvalue weighted by Crippen LogP contribution is -2.47. The second kappa shape index (κ2) is 6.45. The molecule has 7 nitrogen and oxygen atoms in total. The number of nitriles is 1. The van der Waals surface area contributed by atoms with E-state index in [1.807, 2.05) is 6.07 Å². The van der Waals surface area contributed by atoms with Crippen molar-refractivity contribution < 1.29 is 22.7 Å². The number of nitrogens with zero attached hydrogens (tertiary/aromatic N) is 2. The fourth-order valence-corrected chi connectivity index (χ4v) is 4.06. The van der Waals surface area contributed by atoms with E-state index in [-0.39, 0.29) is 22.8 Å². The fourth-order valence-electron chi connectivity index (χ4n) is 2.54. The van der Waals surface area contributed by atoms with Gasteiger partial charge in [-0.3, -0.25) is 4.31 Å². The van der Waals surface area contributed by atoms with Gasteiger partial charge < -0.3 is 9.47 Å². The van der Waals surface area contributed by atoms with E-state index in [9.17, 15) is 13.2 Å². The summed E-state index contributed by atoms with van der Waals surface area (Å²) >= 11 is 0. The summed E-state index contributed by atoms with van der Waals surface area (Å²) in [5.41, 5.74) is 0.553. The van der Waals surface area contributed by atoms with Gasteiger partial charge in [0, 0.05) is 0 Å². The van der Waals surface area contributed by atoms with E-state index in [0.717, 1.165) is 4.31 Å². The van der Waals surface area contributed by atoms with Crippen molar-refractivity contribution in [1.29, 1.82) is 5.26 Å². The third kappa shape index (κ3) is 3.02. The van der Waals surface area contributed by atoms with Crippen molar-refractivity contribution in [2.24, 2.45) is 0 Å². The van der Waals surface area contributed by atoms with Crippen molar-refractivity contribution in [1.82, 2.24) is 0 Å². The maximum atomic E-state index is 13.1. The average Bonchev–Trinajstić information content (AvgIpc) is 2.66. The molecule has 2 aromatic carbocycles. The molecule has 0 unspecified atom stereocenters. The van der Waals surface area contributed by atoms with E-state index in [0.29, 0.717) is 5.69 Å². The van der Waals surface area contributed by atoms with Crippen molar-refractivity contribution in [2.45, 2.75) is 11.0 Å². The van der Waals surface area contributed by atoms with Crippen LogP contribution >= 0.6 is 0 Å². The molecule has 128 valence electrons. The lowest BCUT2D eigenvalue weighted by atomic mass is 10.2. The van der Waals surface area contributed by atoms with Gasteiger partial charge >= 0.3 is 5.97 Å². The third-order valence-corrected chi connectivity index (χ3v) is 5.53. The zero-order valence-electron chi connectivity index (χ0n) is 13.2. The first-order valence-corrected chi connectivity index (χ1v) is 8.78. The van der Waals surface area contributed by atoms with Crippen molar-refractivity contribution in [3.63, 3.8) is 0 Å². The number of ether oxygens (including phenoxy) is 2. The second-order valence-electron chi connectivity index (χ2n) is 5.27. The summed E-state index contributed by atoms with van der Waals surface area (Å²) in [5, 5.41) is 9.00. The van der Waals surface area contributed by atoms with E-state index in [1.54, 1.807) is 24.3 Å². The van der Waals surface area contributed by atoms with Crippen LogP contribution in [0.4, 0.5) is 5.69 Å². The number of sulfonamides is 1. The van der Waals surface area contributed by atoms with Crippen LogP contribution in [0.1, 0.15) is 5.56 Å². The van der Waals surface area contributed by atoms with E-state index in [4.69, 9.17) is 10.00 Å². The molecule has 0 N–H and O–H groups in total. The van der Waals surface area contributed by atoms with Gasteiger partial charge in [-0.15, -0.1) is 0 Å². The first-order valence-electron chi connectivity index (χ1n) is 7.34. The van der Waals surface area contributed by atoms with Gasteiger partial charge in [0.15, 0.2) is 0 Å². The Kier molecular flexibility index (Phi) is 4.33. The molecule has 1 heterocycles. The SMILES string of the molecule is COC(=O)[C@@H]1CN(S(=O)(=O)c2cccc(C#N)c2)c2ccccc2O1. The van der Waals surface area contributed by atoms with Gasteiger partial charge in [-0.05, 0) is 30.3 Å². The molecule has 3 rings (SSSR count). The standard InChI is InChI=1S/C17H14N2O5S/c1-23-17(20)16-11-19(14-7-2-3-8-15(14)24-16)25(21,22)13-6-4-5-12(9-13)10-18/h2-9,16H,11H2,1H3/t16-/m0/s1. The summed E-state index contributed by atoms with van der Waals surface area (Å²) in [7, 11) is -2.78. The third-order valence-electron chi connectivity index (χ3n) is 3.75. The first-order chi connectivity index (χ1) is 12.0. The van der Waals surface area contributed by atoms with Crippen LogP contribution in [-0.2, 0) is 19.6 Å². The van der Waals surface area contributed by atoms with E-state index in [1.165, 1.54) is 31.4 Å². The molecule has 25 heavy (non-hydrogen) atoms. The Morgan fingerprint density at radius 1 is 1.28 bits per heavy atom. The average molecular weight is 358 g/mol. The predicted molar refractivity (Wildman–Crippen MR) is 88.6 cm³/mol. The summed E-state index contributed by atoms with van der Waals surface area (Å²) < 4.78 is 37.5. The maximum Gasteiger partial charge on any atom is 0.348 e. The molecule has 0 saturated heterocycles. The second-order valence-corrected chi connectivity index (χ2v) is 7.14. The topological polar surface area (TPSA) is 96.7 Å². The number of carbonyl (C=O) groups is 1. The molecule has 1 aliphatic rings. The Morgan fingerprint density at radius 2 is 2.04 bits per heavy atom. The quantitative estimate of drug-likeness (QED) is 0.775. The summed E-state index contributed by atoms with van der Waals surface area (Å²) in [6, 6.07) is 14.2. The normalized spacial score (nSPS) is 16.3. The van der Waals surface area contributed by atoms with Gasteiger partial charge in [-0.25, -0.2) is 13.2 Å². The van der Waals surface area contributed by atoms with Crippen LogP contribution in [0.15, 0.2) is 53.4 Å². The number of carbonyl (C=O) groups excluding carboxylic acids is 1. The number of fused-ring (bicyclic) bond motifs is 1. The van der Waals surface area contributed by atoms with Gasteiger partial charge in [0.2, 0.25) is 6.10 Å². The van der Waals surface area contributed by atoms with Crippen LogP contribution in [-0.4, -0.2) is 34.1 Å². The highest BCUT2D eigenvalue weighted by atomic mass is 32.2. The summed E-state index contributed by atoms with van der Waals surface area (Å²) in [6.45, 7) is -0.219.